The standard InChI is InChI=1S/C17H19NO4S/c1-12(19)16-7-6-15(23-16)8-9-18-17(20)11-22-14-5-3-4-13(10-14)21-2/h3-7,10H,8-9,11H2,1-2H3,(H,18,20). The first-order valence-corrected chi connectivity index (χ1v) is 8.03. The topological polar surface area (TPSA) is 64.6 Å². The van der Waals surface area contributed by atoms with Crippen molar-refractivity contribution in [2.24, 2.45) is 0 Å². The molecule has 5 nitrogen and oxygen atoms in total. The number of thiophene rings is 1. The molecule has 0 saturated carbocycles. The summed E-state index contributed by atoms with van der Waals surface area (Å²) in [6, 6.07) is 10.8. The summed E-state index contributed by atoms with van der Waals surface area (Å²) in [5.41, 5.74) is 0. The molecule has 0 spiro atoms. The van der Waals surface area contributed by atoms with E-state index in [0.29, 0.717) is 24.5 Å². The van der Waals surface area contributed by atoms with E-state index >= 15 is 0 Å². The molecule has 2 rings (SSSR count). The fraction of sp³-hybridized carbons (Fsp3) is 0.294. The minimum Gasteiger partial charge on any atom is -0.497 e. The Hall–Kier alpha value is -2.34. The SMILES string of the molecule is COc1cccc(OCC(=O)NCCc2ccc(C(C)=O)s2)c1. The second kappa shape index (κ2) is 8.33. The molecule has 0 fully saturated rings. The smallest absolute Gasteiger partial charge is 0.257 e. The lowest BCUT2D eigenvalue weighted by atomic mass is 10.3. The van der Waals surface area contributed by atoms with Crippen molar-refractivity contribution in [2.45, 2.75) is 13.3 Å². The van der Waals surface area contributed by atoms with E-state index in [4.69, 9.17) is 9.47 Å². The summed E-state index contributed by atoms with van der Waals surface area (Å²) in [4.78, 5) is 24.8. The van der Waals surface area contributed by atoms with E-state index in [1.54, 1.807) is 32.2 Å². The number of carbonyl (C=O) groups excluding carboxylic acids is 2. The normalized spacial score (nSPS) is 10.2. The lowest BCUT2D eigenvalue weighted by Gasteiger charge is -2.08. The van der Waals surface area contributed by atoms with Crippen molar-refractivity contribution in [2.75, 3.05) is 20.3 Å². The van der Waals surface area contributed by atoms with E-state index in [0.717, 1.165) is 9.75 Å². The first-order chi connectivity index (χ1) is 11.1. The average Bonchev–Trinajstić information content (AvgIpc) is 3.02. The van der Waals surface area contributed by atoms with Crippen molar-refractivity contribution >= 4 is 23.0 Å². The molecule has 1 aromatic heterocycles. The molecule has 1 aromatic carbocycles. The summed E-state index contributed by atoms with van der Waals surface area (Å²) < 4.78 is 10.5. The van der Waals surface area contributed by atoms with Crippen molar-refractivity contribution < 1.29 is 19.1 Å². The Morgan fingerprint density at radius 2 is 1.96 bits per heavy atom. The lowest BCUT2D eigenvalue weighted by molar-refractivity contribution is -0.123. The number of hydrogen-bond donors (Lipinski definition) is 1. The van der Waals surface area contributed by atoms with Gasteiger partial charge in [-0.15, -0.1) is 11.3 Å². The third-order valence-electron chi connectivity index (χ3n) is 3.11. The van der Waals surface area contributed by atoms with Crippen molar-refractivity contribution in [3.8, 4) is 11.5 Å². The number of Topliss-reactive ketones (excluding diaryl/α,β-unsaturated/α-hetero) is 1. The van der Waals surface area contributed by atoms with Crippen LogP contribution in [0.1, 0.15) is 21.5 Å². The molecule has 122 valence electrons. The maximum atomic E-state index is 11.8. The van der Waals surface area contributed by atoms with Gasteiger partial charge >= 0.3 is 0 Å². The largest absolute Gasteiger partial charge is 0.497 e. The molecule has 0 atom stereocenters. The zero-order valence-corrected chi connectivity index (χ0v) is 13.9. The van der Waals surface area contributed by atoms with Crippen LogP contribution < -0.4 is 14.8 Å². The molecular weight excluding hydrogens is 314 g/mol. The summed E-state index contributed by atoms with van der Waals surface area (Å²) in [6.07, 6.45) is 0.697. The molecule has 0 aliphatic heterocycles. The maximum Gasteiger partial charge on any atom is 0.257 e. The zero-order chi connectivity index (χ0) is 16.7. The van der Waals surface area contributed by atoms with E-state index in [9.17, 15) is 9.59 Å². The van der Waals surface area contributed by atoms with E-state index in [2.05, 4.69) is 5.32 Å². The number of hydrogen-bond acceptors (Lipinski definition) is 5. The minimum atomic E-state index is -0.184. The van der Waals surface area contributed by atoms with Gasteiger partial charge in [0.25, 0.3) is 5.91 Å². The molecule has 1 N–H and O–H groups in total. The molecule has 0 unspecified atom stereocenters. The molecule has 0 aliphatic carbocycles. The Bertz CT molecular complexity index is 681. The fourth-order valence-electron chi connectivity index (χ4n) is 1.92. The van der Waals surface area contributed by atoms with Crippen molar-refractivity contribution in [1.82, 2.24) is 5.32 Å². The Balaban J connectivity index is 1.71. The molecule has 0 aliphatic rings. The van der Waals surface area contributed by atoms with Gasteiger partial charge in [0.15, 0.2) is 12.4 Å². The highest BCUT2D eigenvalue weighted by atomic mass is 32.1. The van der Waals surface area contributed by atoms with Gasteiger partial charge in [-0.05, 0) is 37.6 Å². The maximum absolute atomic E-state index is 11.8. The molecule has 0 radical (unpaired) electrons. The predicted octanol–water partition coefficient (Wildman–Crippen LogP) is 2.70. The van der Waals surface area contributed by atoms with E-state index in [-0.39, 0.29) is 18.3 Å². The number of methoxy groups -OCH3 is 1. The summed E-state index contributed by atoms with van der Waals surface area (Å²) in [7, 11) is 1.58. The Morgan fingerprint density at radius 3 is 2.65 bits per heavy atom. The molecule has 0 bridgehead atoms. The van der Waals surface area contributed by atoms with Crippen LogP contribution in [0.5, 0.6) is 11.5 Å². The second-order valence-corrected chi connectivity index (χ2v) is 6.06. The second-order valence-electron chi connectivity index (χ2n) is 4.89. The number of amides is 1. The number of rotatable bonds is 8. The molecule has 23 heavy (non-hydrogen) atoms. The predicted molar refractivity (Wildman–Crippen MR) is 89.5 cm³/mol. The monoisotopic (exact) mass is 333 g/mol. The number of carbonyl (C=O) groups is 2. The van der Waals surface area contributed by atoms with Gasteiger partial charge in [-0.2, -0.15) is 0 Å². The van der Waals surface area contributed by atoms with Gasteiger partial charge in [0, 0.05) is 17.5 Å². The third-order valence-corrected chi connectivity index (χ3v) is 4.36. The number of benzene rings is 1. The number of ether oxygens (including phenoxy) is 2. The quantitative estimate of drug-likeness (QED) is 0.755. The Morgan fingerprint density at radius 1 is 1.17 bits per heavy atom. The Kier molecular flexibility index (Phi) is 6.17. The van der Waals surface area contributed by atoms with Crippen LogP contribution in [0.3, 0.4) is 0 Å². The average molecular weight is 333 g/mol. The van der Waals surface area contributed by atoms with E-state index in [1.807, 2.05) is 18.2 Å². The number of nitrogens with one attached hydrogen (secondary N) is 1. The molecule has 2 aromatic rings. The van der Waals surface area contributed by atoms with Gasteiger partial charge in [-0.3, -0.25) is 9.59 Å². The lowest BCUT2D eigenvalue weighted by Crippen LogP contribution is -2.30. The minimum absolute atomic E-state index is 0.0453. The van der Waals surface area contributed by atoms with Gasteiger partial charge in [-0.1, -0.05) is 6.07 Å². The van der Waals surface area contributed by atoms with Crippen LogP contribution in [-0.4, -0.2) is 32.0 Å². The first kappa shape index (κ1) is 17.0. The van der Waals surface area contributed by atoms with Crippen LogP contribution in [0.4, 0.5) is 0 Å². The highest BCUT2D eigenvalue weighted by molar-refractivity contribution is 7.14. The van der Waals surface area contributed by atoms with Crippen molar-refractivity contribution in [3.63, 3.8) is 0 Å². The highest BCUT2D eigenvalue weighted by Gasteiger charge is 2.06. The third kappa shape index (κ3) is 5.41. The summed E-state index contributed by atoms with van der Waals surface area (Å²) in [5.74, 6) is 1.15. The van der Waals surface area contributed by atoms with E-state index in [1.165, 1.54) is 11.3 Å². The summed E-state index contributed by atoms with van der Waals surface area (Å²) >= 11 is 1.46. The molecule has 0 saturated heterocycles. The van der Waals surface area contributed by atoms with Gasteiger partial charge < -0.3 is 14.8 Å². The van der Waals surface area contributed by atoms with Crippen molar-refractivity contribution in [1.29, 1.82) is 0 Å². The fourth-order valence-corrected chi connectivity index (χ4v) is 2.82. The highest BCUT2D eigenvalue weighted by Crippen LogP contribution is 2.19. The molecule has 1 heterocycles. The molecular formula is C17H19NO4S. The van der Waals surface area contributed by atoms with Crippen LogP contribution >= 0.6 is 11.3 Å². The molecule has 1 amide bonds. The molecule has 6 heteroatoms. The van der Waals surface area contributed by atoms with Gasteiger partial charge in [0.1, 0.15) is 11.5 Å². The van der Waals surface area contributed by atoms with Crippen LogP contribution in [0.2, 0.25) is 0 Å². The van der Waals surface area contributed by atoms with E-state index < -0.39 is 0 Å². The van der Waals surface area contributed by atoms with Gasteiger partial charge in [0.2, 0.25) is 0 Å². The summed E-state index contributed by atoms with van der Waals surface area (Å²) in [6.45, 7) is 2.02. The van der Waals surface area contributed by atoms with Crippen LogP contribution in [0.25, 0.3) is 0 Å². The van der Waals surface area contributed by atoms with Gasteiger partial charge in [-0.25, -0.2) is 0 Å². The van der Waals surface area contributed by atoms with Crippen LogP contribution in [0, 0.1) is 0 Å². The van der Waals surface area contributed by atoms with Gasteiger partial charge in [0.05, 0.1) is 12.0 Å². The Labute approximate surface area is 139 Å². The number of ketones is 1. The summed E-state index contributed by atoms with van der Waals surface area (Å²) in [5, 5.41) is 2.80. The van der Waals surface area contributed by atoms with Crippen LogP contribution in [-0.2, 0) is 11.2 Å². The van der Waals surface area contributed by atoms with Crippen molar-refractivity contribution in [3.05, 3.63) is 46.2 Å². The van der Waals surface area contributed by atoms with Crippen LogP contribution in [0.15, 0.2) is 36.4 Å². The zero-order valence-electron chi connectivity index (χ0n) is 13.1. The first-order valence-electron chi connectivity index (χ1n) is 7.21.